The van der Waals surface area contributed by atoms with E-state index in [0.29, 0.717) is 5.69 Å². The second-order valence-corrected chi connectivity index (χ2v) is 37.7. The van der Waals surface area contributed by atoms with E-state index in [9.17, 15) is 11.0 Å². The number of anilines is 6. The number of para-hydroxylation sites is 6. The molecule has 0 bridgehead atoms. The van der Waals surface area contributed by atoms with Crippen LogP contribution in [-0.4, -0.2) is 15.8 Å². The van der Waals surface area contributed by atoms with Crippen molar-refractivity contribution in [2.75, 3.05) is 9.80 Å². The van der Waals surface area contributed by atoms with Crippen LogP contribution in [0.3, 0.4) is 0 Å². The van der Waals surface area contributed by atoms with Gasteiger partial charge in [-0.3, -0.25) is 0 Å². The molecule has 5 heteroatoms. The van der Waals surface area contributed by atoms with E-state index in [2.05, 4.69) is 388 Å². The average Bonchev–Trinajstić information content (AvgIpc) is 1.54. The fourth-order valence-electron chi connectivity index (χ4n) is 17.5. The van der Waals surface area contributed by atoms with Gasteiger partial charge in [-0.15, -0.1) is 0 Å². The number of hydrogen-bond donors (Lipinski definition) is 0. The van der Waals surface area contributed by atoms with Gasteiger partial charge in [-0.1, -0.05) is 367 Å². The summed E-state index contributed by atoms with van der Waals surface area (Å²) in [5.41, 5.74) is 27.5. The maximum Gasteiger partial charge on any atom is 0.252 e. The molecule has 2 aromatic heterocycles. The first-order valence-corrected chi connectivity index (χ1v) is 40.1. The van der Waals surface area contributed by atoms with Crippen LogP contribution in [0.25, 0.3) is 111 Å². The first-order valence-electron chi connectivity index (χ1n) is 44.1. The smallest absolute Gasteiger partial charge is 0.252 e. The molecule has 4 nitrogen and oxygen atoms in total. The molecule has 0 fully saturated rings. The first-order chi connectivity index (χ1) is 57.2. The van der Waals surface area contributed by atoms with Gasteiger partial charge in [-0.05, 0) is 170 Å². The minimum Gasteiger partial charge on any atom is -0.310 e. The zero-order valence-electron chi connectivity index (χ0n) is 76.5. The maximum atomic E-state index is 10.3. The lowest BCUT2D eigenvalue weighted by Gasteiger charge is -2.46. The Morgan fingerprint density at radius 2 is 0.602 bits per heavy atom. The Hall–Kier alpha value is -11.7. The number of hydrogen-bond acceptors (Lipinski definition) is 2. The minimum atomic E-state index is -0.565. The summed E-state index contributed by atoms with van der Waals surface area (Å²) in [5.74, 6) is 0. The summed E-state index contributed by atoms with van der Waals surface area (Å²) in [6.45, 7) is 40.2. The number of aromatic nitrogens is 2. The monoisotopic (exact) mass is 1470 g/mol. The van der Waals surface area contributed by atoms with E-state index in [0.717, 1.165) is 134 Å². The fourth-order valence-corrected chi connectivity index (χ4v) is 17.5. The highest BCUT2D eigenvalue weighted by Crippen LogP contribution is 2.55. The quantitative estimate of drug-likeness (QED) is 0.134. The van der Waals surface area contributed by atoms with Crippen molar-refractivity contribution in [3.63, 3.8) is 0 Å². The molecule has 2 aliphatic rings. The minimum absolute atomic E-state index is 0.00906. The van der Waals surface area contributed by atoms with Gasteiger partial charge in [0.25, 0.3) is 6.71 Å². The summed E-state index contributed by atoms with van der Waals surface area (Å²) >= 11 is 0. The second kappa shape index (κ2) is 26.5. The summed E-state index contributed by atoms with van der Waals surface area (Å²) in [5, 5.41) is 2.22. The van der Waals surface area contributed by atoms with Gasteiger partial charge in [-0.2, -0.15) is 0 Å². The highest BCUT2D eigenvalue weighted by Gasteiger charge is 2.46. The Balaban J connectivity index is 1.09. The van der Waals surface area contributed by atoms with E-state index in [1.165, 1.54) is 33.4 Å². The first kappa shape index (κ1) is 63.9. The molecule has 0 unspecified atom stereocenters. The molecule has 4 heterocycles. The van der Waals surface area contributed by atoms with Crippen LogP contribution in [0.1, 0.15) is 169 Å². The van der Waals surface area contributed by atoms with Gasteiger partial charge in [0.15, 0.2) is 0 Å². The Labute approximate surface area is 681 Å². The summed E-state index contributed by atoms with van der Waals surface area (Å²) in [6, 6.07) is 88.8. The van der Waals surface area contributed by atoms with Crippen LogP contribution in [0.4, 0.5) is 34.1 Å². The van der Waals surface area contributed by atoms with E-state index in [1.54, 1.807) is 4.57 Å². The van der Waals surface area contributed by atoms with Crippen molar-refractivity contribution >= 4 is 101 Å². The van der Waals surface area contributed by atoms with E-state index in [1.807, 2.05) is 0 Å². The van der Waals surface area contributed by atoms with Crippen molar-refractivity contribution in [1.29, 1.82) is 0 Å². The van der Waals surface area contributed by atoms with Gasteiger partial charge >= 0.3 is 0 Å². The number of nitrogens with zero attached hydrogens (tertiary/aromatic N) is 4. The molecule has 0 saturated heterocycles. The van der Waals surface area contributed by atoms with Crippen LogP contribution in [0.2, 0.25) is 0 Å². The van der Waals surface area contributed by atoms with Crippen LogP contribution in [0.5, 0.6) is 0 Å². The molecule has 0 aliphatic carbocycles. The number of fused-ring (bicyclic) bond motifs is 10. The summed E-state index contributed by atoms with van der Waals surface area (Å²) in [7, 11) is 0. The van der Waals surface area contributed by atoms with E-state index in [4.69, 9.17) is 0 Å². The van der Waals surface area contributed by atoms with Crippen LogP contribution >= 0.6 is 0 Å². The highest BCUT2D eigenvalue weighted by molar-refractivity contribution is 7.00. The van der Waals surface area contributed by atoms with Crippen molar-refractivity contribution in [1.82, 2.24) is 9.13 Å². The standard InChI is InChI=1S/C108H103BN4/c1-103(2,3)74-50-41-68(42-51-74)82-33-27-34-83(69-43-52-75(53-44-69)104(4,5)6)101(82)112-96-60-49-72(73-61-78(107(13,14)15)64-79(62-73)108(16,17)18)63-91(96)109-90-59-58-80(110-92-37-23-19-29-86(92)87-30-20-24-38-93(87)110)65-97(90)113(99-67-81(66-98(112)100(99)109)111-94-39-25-21-31-88(94)89-32-22-26-40-95(89)111)102-84(70-45-54-76(55-46-70)105(7,8)9)35-28-36-85(102)71-47-56-77(57-48-71)106(10,11)12/h19-67H,1-18H3/i21D,22D,25D,26D,31D,32D,39D,40D. The molecular formula is C108H103BN4. The average molecular weight is 1480 g/mol. The molecule has 0 N–H and O–H groups in total. The topological polar surface area (TPSA) is 16.3 Å². The number of benzene rings is 14. The van der Waals surface area contributed by atoms with Crippen molar-refractivity contribution in [2.24, 2.45) is 0 Å². The van der Waals surface area contributed by atoms with Gasteiger partial charge in [0.2, 0.25) is 0 Å². The summed E-state index contributed by atoms with van der Waals surface area (Å²) < 4.78 is 82.8. The number of rotatable bonds is 9. The van der Waals surface area contributed by atoms with Crippen LogP contribution in [0, 0.1) is 0 Å². The van der Waals surface area contributed by atoms with E-state index in [-0.39, 0.29) is 66.4 Å². The van der Waals surface area contributed by atoms with Crippen molar-refractivity contribution in [3.8, 4) is 67.0 Å². The highest BCUT2D eigenvalue weighted by atomic mass is 15.2. The molecule has 0 spiro atoms. The normalized spacial score (nSPS) is 14.3. The lowest BCUT2D eigenvalue weighted by Crippen LogP contribution is -2.61. The van der Waals surface area contributed by atoms with Gasteiger partial charge in [0.05, 0.1) is 50.1 Å². The van der Waals surface area contributed by atoms with Gasteiger partial charge < -0.3 is 18.9 Å². The van der Waals surface area contributed by atoms with Crippen molar-refractivity contribution in [3.05, 3.63) is 330 Å². The Kier molecular flexibility index (Phi) is 15.0. The molecule has 18 rings (SSSR count). The zero-order chi connectivity index (χ0) is 85.7. The Morgan fingerprint density at radius 1 is 0.248 bits per heavy atom. The zero-order valence-corrected chi connectivity index (χ0v) is 68.5. The predicted octanol–water partition coefficient (Wildman–Crippen LogP) is 28.1. The third-order valence-electron chi connectivity index (χ3n) is 23.9. The van der Waals surface area contributed by atoms with E-state index >= 15 is 0 Å². The fraction of sp³-hybridized carbons (Fsp3) is 0.222. The predicted molar refractivity (Wildman–Crippen MR) is 489 cm³/mol. The summed E-state index contributed by atoms with van der Waals surface area (Å²) in [6.07, 6.45) is 0. The summed E-state index contributed by atoms with van der Waals surface area (Å²) in [4.78, 5) is 4.96. The molecule has 0 saturated carbocycles. The van der Waals surface area contributed by atoms with Crippen molar-refractivity contribution in [2.45, 2.75) is 157 Å². The maximum absolute atomic E-state index is 10.3. The molecule has 0 radical (unpaired) electrons. The third kappa shape index (κ3) is 12.5. The second-order valence-electron chi connectivity index (χ2n) is 37.7. The molecule has 558 valence electrons. The van der Waals surface area contributed by atoms with Crippen LogP contribution < -0.4 is 26.2 Å². The van der Waals surface area contributed by atoms with Crippen molar-refractivity contribution < 1.29 is 11.0 Å². The molecule has 14 aromatic carbocycles. The molecule has 0 amide bonds. The van der Waals surface area contributed by atoms with Gasteiger partial charge in [0, 0.05) is 72.2 Å². The Bertz CT molecular complexity index is 6650. The van der Waals surface area contributed by atoms with Crippen LogP contribution in [-0.2, 0) is 32.5 Å². The SMILES string of the molecule is [2H]c1c([2H])c([2H])c2c(c1[2H])c1c([2H])c([2H])c([2H])c([2H])c1n2-c1cc2c3c(c1)N(c1c(-c4ccc(C(C)(C)C)cc4)cccc1-c1ccc(C(C)(C)C)cc1)c1cc(-n4c5ccccc5c5ccccc54)ccc1B3c1cc(-c3cc(C(C)(C)C)cc(C(C)(C)C)c3)ccc1N2c1c(-c2ccc(C(C)(C)C)cc2)cccc1-c1ccc(C(C)(C)C)cc1. The molecular weight excluding hydrogens is 1360 g/mol. The molecule has 0 atom stereocenters. The molecule has 113 heavy (non-hydrogen) atoms. The Morgan fingerprint density at radius 3 is 1.00 bits per heavy atom. The molecule has 16 aromatic rings. The third-order valence-corrected chi connectivity index (χ3v) is 23.9. The van der Waals surface area contributed by atoms with E-state index < -0.39 is 43.0 Å². The largest absolute Gasteiger partial charge is 0.310 e. The van der Waals surface area contributed by atoms with Gasteiger partial charge in [-0.25, -0.2) is 0 Å². The van der Waals surface area contributed by atoms with Crippen LogP contribution in [0.15, 0.2) is 297 Å². The van der Waals surface area contributed by atoms with Gasteiger partial charge in [0.1, 0.15) is 0 Å². The lowest BCUT2D eigenvalue weighted by atomic mass is 9.33. The molecule has 2 aliphatic heterocycles. The lowest BCUT2D eigenvalue weighted by molar-refractivity contribution is 0.569.